The molecule has 4 N–H and O–H groups in total. The van der Waals surface area contributed by atoms with Crippen LogP contribution in [-0.2, 0) is 4.79 Å². The van der Waals surface area contributed by atoms with Gasteiger partial charge in [0.25, 0.3) is 0 Å². The second kappa shape index (κ2) is 4.61. The van der Waals surface area contributed by atoms with E-state index in [9.17, 15) is 9.90 Å². The number of nitrogens with one attached hydrogen (secondary N) is 1. The molecule has 0 heterocycles. The number of hydrogen-bond donors (Lipinski definition) is 3. The second-order valence-corrected chi connectivity index (χ2v) is 4.98. The minimum atomic E-state index is -0.199. The molecule has 5 nitrogen and oxygen atoms in total. The normalized spacial score (nSPS) is 20.2. The average molecular weight is 241 g/mol. The first-order valence-corrected chi connectivity index (χ1v) is 5.26. The first-order valence-electron chi connectivity index (χ1n) is 4.86. The van der Waals surface area contributed by atoms with Gasteiger partial charge in [0.2, 0.25) is 0 Å². The lowest BCUT2D eigenvalue weighted by Gasteiger charge is -2.28. The van der Waals surface area contributed by atoms with Gasteiger partial charge >= 0.3 is 0 Å². The van der Waals surface area contributed by atoms with Crippen molar-refractivity contribution < 1.29 is 9.90 Å². The smallest absolute Gasteiger partial charge is 0.184 e. The van der Waals surface area contributed by atoms with Gasteiger partial charge in [-0.2, -0.15) is 5.10 Å². The molecule has 1 aliphatic carbocycles. The van der Waals surface area contributed by atoms with Gasteiger partial charge < -0.3 is 10.8 Å². The van der Waals surface area contributed by atoms with E-state index in [0.717, 1.165) is 0 Å². The van der Waals surface area contributed by atoms with Gasteiger partial charge in [-0.1, -0.05) is 13.8 Å². The van der Waals surface area contributed by atoms with Crippen molar-refractivity contribution in [1.82, 2.24) is 5.43 Å². The Kier molecular flexibility index (Phi) is 3.64. The molecule has 0 atom stereocenters. The van der Waals surface area contributed by atoms with E-state index in [4.69, 9.17) is 5.73 Å². The zero-order chi connectivity index (χ0) is 12.3. The molecule has 0 bridgehead atoms. The fourth-order valence-corrected chi connectivity index (χ4v) is 1.66. The van der Waals surface area contributed by atoms with E-state index in [-0.39, 0.29) is 27.6 Å². The lowest BCUT2D eigenvalue weighted by atomic mass is 9.77. The second-order valence-electron chi connectivity index (χ2n) is 4.54. The predicted octanol–water partition coefficient (Wildman–Crippen LogP) is 1.01. The van der Waals surface area contributed by atoms with E-state index in [0.29, 0.717) is 12.8 Å². The topological polar surface area (TPSA) is 87.7 Å². The van der Waals surface area contributed by atoms with E-state index >= 15 is 0 Å². The number of allylic oxidation sites excluding steroid dienone is 2. The zero-order valence-electron chi connectivity index (χ0n) is 9.28. The summed E-state index contributed by atoms with van der Waals surface area (Å²) in [4.78, 5) is 11.7. The summed E-state index contributed by atoms with van der Waals surface area (Å²) in [6.07, 6.45) is 2.12. The Bertz CT molecular complexity index is 386. The van der Waals surface area contributed by atoms with Crippen molar-refractivity contribution in [3.63, 3.8) is 0 Å². The molecule has 1 rings (SSSR count). The van der Waals surface area contributed by atoms with Crippen molar-refractivity contribution in [2.75, 3.05) is 0 Å². The zero-order valence-corrected chi connectivity index (χ0v) is 10.1. The number of nitrogens with zero attached hydrogens (tertiary/aromatic N) is 1. The number of nitrogens with two attached hydrogens (primary N) is 1. The van der Waals surface area contributed by atoms with Crippen LogP contribution in [0, 0.1) is 5.41 Å². The molecule has 0 radical (unpaired) electrons. The van der Waals surface area contributed by atoms with Crippen LogP contribution < -0.4 is 11.2 Å². The maximum absolute atomic E-state index is 11.7. The van der Waals surface area contributed by atoms with E-state index < -0.39 is 0 Å². The van der Waals surface area contributed by atoms with Crippen molar-refractivity contribution in [3.05, 3.63) is 11.3 Å². The third kappa shape index (κ3) is 3.30. The van der Waals surface area contributed by atoms with E-state index in [1.165, 1.54) is 6.21 Å². The fraction of sp³-hybridized carbons (Fsp3) is 0.500. The van der Waals surface area contributed by atoms with Crippen molar-refractivity contribution >= 4 is 29.3 Å². The summed E-state index contributed by atoms with van der Waals surface area (Å²) in [7, 11) is 0. The first kappa shape index (κ1) is 12.6. The molecule has 0 fully saturated rings. The summed E-state index contributed by atoms with van der Waals surface area (Å²) in [5.41, 5.74) is 7.53. The van der Waals surface area contributed by atoms with Crippen LogP contribution in [0.2, 0.25) is 0 Å². The van der Waals surface area contributed by atoms with Gasteiger partial charge in [-0.15, -0.1) is 0 Å². The Morgan fingerprint density at radius 1 is 1.62 bits per heavy atom. The molecule has 1 aliphatic rings. The van der Waals surface area contributed by atoms with E-state index in [2.05, 4.69) is 22.7 Å². The highest BCUT2D eigenvalue weighted by atomic mass is 32.1. The van der Waals surface area contributed by atoms with Crippen LogP contribution in [0.3, 0.4) is 0 Å². The minimum absolute atomic E-state index is 0.0138. The standard InChI is InChI=1S/C10H15N3O2S/c1-10(2)3-7(14)6(8(15)4-10)5-12-13-9(11)16/h5,14H,3-4H2,1-2H3,(H3,11,13,16)/b12-5-. The molecule has 0 aliphatic heterocycles. The number of carbonyl (C=O) groups excluding carboxylic acids is 1. The number of carbonyl (C=O) groups is 1. The monoisotopic (exact) mass is 241 g/mol. The molecule has 0 aromatic heterocycles. The number of hydrogen-bond acceptors (Lipinski definition) is 4. The SMILES string of the molecule is CC1(C)CC(=O)C(/C=N\NC(N)=S)=C(O)C1. The number of thiocarbonyl (C=S) groups is 1. The Labute approximate surface area is 99.4 Å². The molecule has 6 heteroatoms. The van der Waals surface area contributed by atoms with E-state index in [1.807, 2.05) is 13.8 Å². The fourth-order valence-electron chi connectivity index (χ4n) is 1.61. The summed E-state index contributed by atoms with van der Waals surface area (Å²) in [5.74, 6) is -0.0584. The Balaban J connectivity index is 2.83. The van der Waals surface area contributed by atoms with Crippen molar-refractivity contribution in [2.45, 2.75) is 26.7 Å². The molecule has 0 aromatic rings. The summed E-state index contributed by atoms with van der Waals surface area (Å²) < 4.78 is 0. The first-order chi connectivity index (χ1) is 7.32. The Morgan fingerprint density at radius 3 is 2.75 bits per heavy atom. The van der Waals surface area contributed by atoms with Gasteiger partial charge in [0.05, 0.1) is 11.8 Å². The quantitative estimate of drug-likeness (QED) is 0.381. The Morgan fingerprint density at radius 2 is 2.25 bits per heavy atom. The maximum atomic E-state index is 11.7. The number of ketones is 1. The van der Waals surface area contributed by atoms with Crippen LogP contribution in [0.4, 0.5) is 0 Å². The van der Waals surface area contributed by atoms with Crippen LogP contribution in [0.1, 0.15) is 26.7 Å². The van der Waals surface area contributed by atoms with Gasteiger partial charge in [-0.05, 0) is 17.6 Å². The van der Waals surface area contributed by atoms with Gasteiger partial charge in [-0.25, -0.2) is 0 Å². The highest BCUT2D eigenvalue weighted by molar-refractivity contribution is 7.80. The minimum Gasteiger partial charge on any atom is -0.511 e. The molecule has 0 aromatic carbocycles. The average Bonchev–Trinajstić information content (AvgIpc) is 2.07. The third-order valence-corrected chi connectivity index (χ3v) is 2.36. The van der Waals surface area contributed by atoms with Crippen molar-refractivity contribution in [3.8, 4) is 0 Å². The number of hydrazone groups is 1. The molecule has 0 amide bonds. The molecular formula is C10H15N3O2S. The van der Waals surface area contributed by atoms with Crippen LogP contribution >= 0.6 is 12.2 Å². The van der Waals surface area contributed by atoms with Gasteiger partial charge in [0.1, 0.15) is 5.76 Å². The molecule has 16 heavy (non-hydrogen) atoms. The van der Waals surface area contributed by atoms with Gasteiger partial charge in [-0.3, -0.25) is 10.2 Å². The van der Waals surface area contributed by atoms with Gasteiger partial charge in [0.15, 0.2) is 10.9 Å². The Hall–Kier alpha value is -1.43. The van der Waals surface area contributed by atoms with Crippen LogP contribution in [0.25, 0.3) is 0 Å². The van der Waals surface area contributed by atoms with Crippen LogP contribution in [0.15, 0.2) is 16.4 Å². The summed E-state index contributed by atoms with van der Waals surface area (Å²) in [6, 6.07) is 0. The van der Waals surface area contributed by atoms with Crippen LogP contribution in [-0.4, -0.2) is 22.2 Å². The number of aliphatic hydroxyl groups excluding tert-OH is 1. The van der Waals surface area contributed by atoms with E-state index in [1.54, 1.807) is 0 Å². The lowest BCUT2D eigenvalue weighted by Crippen LogP contribution is -2.28. The molecule has 0 spiro atoms. The molecular weight excluding hydrogens is 226 g/mol. The highest BCUT2D eigenvalue weighted by Crippen LogP contribution is 2.34. The predicted molar refractivity (Wildman–Crippen MR) is 66.1 cm³/mol. The van der Waals surface area contributed by atoms with Gasteiger partial charge in [0, 0.05) is 12.8 Å². The molecule has 0 saturated heterocycles. The van der Waals surface area contributed by atoms with Crippen molar-refractivity contribution in [2.24, 2.45) is 16.3 Å². The summed E-state index contributed by atoms with van der Waals surface area (Å²) in [5, 5.41) is 13.4. The summed E-state index contributed by atoms with van der Waals surface area (Å²) >= 11 is 4.55. The lowest BCUT2D eigenvalue weighted by molar-refractivity contribution is -0.117. The summed E-state index contributed by atoms with van der Waals surface area (Å²) in [6.45, 7) is 3.87. The largest absolute Gasteiger partial charge is 0.511 e. The maximum Gasteiger partial charge on any atom is 0.184 e. The number of aliphatic hydroxyl groups is 1. The van der Waals surface area contributed by atoms with Crippen LogP contribution in [0.5, 0.6) is 0 Å². The highest BCUT2D eigenvalue weighted by Gasteiger charge is 2.32. The van der Waals surface area contributed by atoms with Crippen molar-refractivity contribution in [1.29, 1.82) is 0 Å². The number of Topliss-reactive ketones (excluding diaryl/α,β-unsaturated/α-hetero) is 1. The molecule has 88 valence electrons. The number of rotatable bonds is 2. The molecule has 0 saturated carbocycles. The third-order valence-electron chi connectivity index (χ3n) is 2.26. The molecule has 0 unspecified atom stereocenters.